The second kappa shape index (κ2) is 4.81. The first-order valence-electron chi connectivity index (χ1n) is 4.30. The molecule has 0 saturated carbocycles. The lowest BCUT2D eigenvalue weighted by atomic mass is 10.1. The third-order valence-electron chi connectivity index (χ3n) is 1.90. The lowest BCUT2D eigenvalue weighted by Gasteiger charge is -2.22. The van der Waals surface area contributed by atoms with Crippen LogP contribution in [0, 0.1) is 0 Å². The van der Waals surface area contributed by atoms with E-state index in [2.05, 4.69) is 15.4 Å². The van der Waals surface area contributed by atoms with E-state index in [1.807, 2.05) is 0 Å². The van der Waals surface area contributed by atoms with Gasteiger partial charge in [-0.3, -0.25) is 9.59 Å². The molecule has 1 rings (SSSR count). The Morgan fingerprint density at radius 2 is 2.54 bits per heavy atom. The molecular formula is C8H14N2O3. The van der Waals surface area contributed by atoms with Crippen LogP contribution in [0.1, 0.15) is 12.8 Å². The van der Waals surface area contributed by atoms with Crippen LogP contribution in [0.3, 0.4) is 0 Å². The largest absolute Gasteiger partial charge is 0.375 e. The predicted octanol–water partition coefficient (Wildman–Crippen LogP) is -0.972. The fourth-order valence-electron chi connectivity index (χ4n) is 1.28. The third-order valence-corrected chi connectivity index (χ3v) is 1.90. The highest BCUT2D eigenvalue weighted by molar-refractivity contribution is 5.88. The predicted molar refractivity (Wildman–Crippen MR) is 46.1 cm³/mol. The number of rotatable bonds is 3. The van der Waals surface area contributed by atoms with Gasteiger partial charge in [-0.15, -0.1) is 0 Å². The minimum Gasteiger partial charge on any atom is -0.375 e. The van der Waals surface area contributed by atoms with Crippen molar-refractivity contribution in [2.24, 2.45) is 0 Å². The molecule has 0 aromatic heterocycles. The van der Waals surface area contributed by atoms with E-state index in [0.29, 0.717) is 13.0 Å². The van der Waals surface area contributed by atoms with Crippen molar-refractivity contribution in [3.63, 3.8) is 0 Å². The summed E-state index contributed by atoms with van der Waals surface area (Å²) in [5, 5.41) is 5.28. The van der Waals surface area contributed by atoms with Crippen molar-refractivity contribution < 1.29 is 14.3 Å². The summed E-state index contributed by atoms with van der Waals surface area (Å²) in [5.74, 6) is -0.347. The van der Waals surface area contributed by atoms with Crippen molar-refractivity contribution in [3.05, 3.63) is 0 Å². The Hall–Kier alpha value is -1.10. The van der Waals surface area contributed by atoms with Gasteiger partial charge in [-0.1, -0.05) is 0 Å². The molecule has 2 amide bonds. The molecule has 1 atom stereocenters. The average Bonchev–Trinajstić information content (AvgIpc) is 2.09. The zero-order chi connectivity index (χ0) is 9.68. The number of carbonyl (C=O) groups is 2. The summed E-state index contributed by atoms with van der Waals surface area (Å²) in [6.45, 7) is 0.708. The molecule has 0 aromatic carbocycles. The summed E-state index contributed by atoms with van der Waals surface area (Å²) in [4.78, 5) is 22.2. The lowest BCUT2D eigenvalue weighted by molar-refractivity contribution is -0.131. The molecule has 0 aliphatic carbocycles. The van der Waals surface area contributed by atoms with Gasteiger partial charge in [0.25, 0.3) is 0 Å². The monoisotopic (exact) mass is 186 g/mol. The van der Waals surface area contributed by atoms with Gasteiger partial charge in [-0.2, -0.15) is 0 Å². The normalized spacial score (nSPS) is 22.2. The zero-order valence-electron chi connectivity index (χ0n) is 7.63. The highest BCUT2D eigenvalue weighted by Crippen LogP contribution is 2.02. The Morgan fingerprint density at radius 3 is 3.15 bits per heavy atom. The maximum atomic E-state index is 11.2. The van der Waals surface area contributed by atoms with Crippen molar-refractivity contribution in [1.29, 1.82) is 0 Å². The Bertz CT molecular complexity index is 206. The van der Waals surface area contributed by atoms with Gasteiger partial charge in [0.15, 0.2) is 0 Å². The highest BCUT2D eigenvalue weighted by atomic mass is 16.5. The van der Waals surface area contributed by atoms with Gasteiger partial charge in [0.05, 0.1) is 0 Å². The second-order valence-corrected chi connectivity index (χ2v) is 2.99. The number of hydrogen-bond acceptors (Lipinski definition) is 3. The molecule has 0 radical (unpaired) electrons. The van der Waals surface area contributed by atoms with E-state index in [0.717, 1.165) is 6.42 Å². The van der Waals surface area contributed by atoms with E-state index >= 15 is 0 Å². The zero-order valence-corrected chi connectivity index (χ0v) is 7.63. The Balaban J connectivity index is 2.33. The molecule has 0 bridgehead atoms. The number of hydrogen-bond donors (Lipinski definition) is 2. The quantitative estimate of drug-likeness (QED) is 0.595. The van der Waals surface area contributed by atoms with Crippen LogP contribution in [0.4, 0.5) is 0 Å². The summed E-state index contributed by atoms with van der Waals surface area (Å²) in [7, 11) is 1.44. The first kappa shape index (κ1) is 9.98. The summed E-state index contributed by atoms with van der Waals surface area (Å²) in [6.07, 6.45) is 1.62. The molecule has 1 aliphatic rings. The van der Waals surface area contributed by atoms with E-state index < -0.39 is 0 Å². The maximum Gasteiger partial charge on any atom is 0.246 e. The van der Waals surface area contributed by atoms with Crippen LogP contribution in [0.25, 0.3) is 0 Å². The van der Waals surface area contributed by atoms with Crippen LogP contribution in [0.15, 0.2) is 0 Å². The molecule has 1 heterocycles. The van der Waals surface area contributed by atoms with Gasteiger partial charge < -0.3 is 15.4 Å². The minimum atomic E-state index is -0.378. The van der Waals surface area contributed by atoms with Gasteiger partial charge in [0, 0.05) is 13.7 Å². The first-order valence-corrected chi connectivity index (χ1v) is 4.30. The fraction of sp³-hybridized carbons (Fsp3) is 0.750. The van der Waals surface area contributed by atoms with Crippen molar-refractivity contribution >= 4 is 11.8 Å². The molecule has 0 aromatic rings. The molecular weight excluding hydrogens is 172 g/mol. The molecule has 5 heteroatoms. The fourth-order valence-corrected chi connectivity index (χ4v) is 1.28. The Kier molecular flexibility index (Phi) is 3.70. The first-order chi connectivity index (χ1) is 6.24. The summed E-state index contributed by atoms with van der Waals surface area (Å²) in [5.41, 5.74) is 0. The summed E-state index contributed by atoms with van der Waals surface area (Å²) < 4.78 is 4.64. The molecule has 74 valence electrons. The van der Waals surface area contributed by atoms with Gasteiger partial charge in [0.1, 0.15) is 12.6 Å². The van der Waals surface area contributed by atoms with Crippen LogP contribution in [-0.4, -0.2) is 38.1 Å². The average molecular weight is 186 g/mol. The lowest BCUT2D eigenvalue weighted by Crippen LogP contribution is -2.50. The van der Waals surface area contributed by atoms with E-state index in [9.17, 15) is 9.59 Å². The van der Waals surface area contributed by atoms with Crippen LogP contribution < -0.4 is 10.6 Å². The number of amides is 2. The second-order valence-electron chi connectivity index (χ2n) is 2.99. The molecule has 13 heavy (non-hydrogen) atoms. The number of methoxy groups -OCH3 is 1. The van der Waals surface area contributed by atoms with E-state index in [1.165, 1.54) is 7.11 Å². The van der Waals surface area contributed by atoms with E-state index in [-0.39, 0.29) is 24.5 Å². The van der Waals surface area contributed by atoms with Gasteiger partial charge in [0.2, 0.25) is 11.8 Å². The Morgan fingerprint density at radius 1 is 1.77 bits per heavy atom. The van der Waals surface area contributed by atoms with Gasteiger partial charge >= 0.3 is 0 Å². The standard InChI is InChI=1S/C8H14N2O3/c1-13-5-7(11)10-6-3-2-4-9-8(6)12/h6H,2-5H2,1H3,(H,9,12)(H,10,11). The van der Waals surface area contributed by atoms with E-state index in [4.69, 9.17) is 0 Å². The van der Waals surface area contributed by atoms with Crippen molar-refractivity contribution in [1.82, 2.24) is 10.6 Å². The van der Waals surface area contributed by atoms with Gasteiger partial charge in [-0.25, -0.2) is 0 Å². The molecule has 2 N–H and O–H groups in total. The number of carbonyl (C=O) groups excluding carboxylic acids is 2. The highest BCUT2D eigenvalue weighted by Gasteiger charge is 2.22. The van der Waals surface area contributed by atoms with Crippen LogP contribution in [0.5, 0.6) is 0 Å². The maximum absolute atomic E-state index is 11.2. The van der Waals surface area contributed by atoms with Crippen LogP contribution in [0.2, 0.25) is 0 Å². The van der Waals surface area contributed by atoms with Crippen LogP contribution >= 0.6 is 0 Å². The number of piperidine rings is 1. The molecule has 5 nitrogen and oxygen atoms in total. The number of ether oxygens (including phenoxy) is 1. The SMILES string of the molecule is COCC(=O)NC1CCCNC1=O. The smallest absolute Gasteiger partial charge is 0.246 e. The third kappa shape index (κ3) is 3.02. The molecule has 1 aliphatic heterocycles. The number of nitrogens with one attached hydrogen (secondary N) is 2. The summed E-state index contributed by atoms with van der Waals surface area (Å²) in [6, 6.07) is -0.378. The van der Waals surface area contributed by atoms with Crippen LogP contribution in [-0.2, 0) is 14.3 Å². The van der Waals surface area contributed by atoms with E-state index in [1.54, 1.807) is 0 Å². The van der Waals surface area contributed by atoms with Crippen molar-refractivity contribution in [2.75, 3.05) is 20.3 Å². The minimum absolute atomic E-state index is 0.00375. The molecule has 1 saturated heterocycles. The summed E-state index contributed by atoms with van der Waals surface area (Å²) >= 11 is 0. The van der Waals surface area contributed by atoms with Crippen molar-refractivity contribution in [2.45, 2.75) is 18.9 Å². The van der Waals surface area contributed by atoms with Crippen molar-refractivity contribution in [3.8, 4) is 0 Å². The molecule has 1 unspecified atom stereocenters. The molecule has 0 spiro atoms. The topological polar surface area (TPSA) is 67.4 Å². The molecule has 1 fully saturated rings. The van der Waals surface area contributed by atoms with Gasteiger partial charge in [-0.05, 0) is 12.8 Å². The Labute approximate surface area is 76.8 Å².